The van der Waals surface area contributed by atoms with E-state index in [1.54, 1.807) is 17.6 Å². The van der Waals surface area contributed by atoms with E-state index in [0.29, 0.717) is 23.4 Å². The van der Waals surface area contributed by atoms with Crippen molar-refractivity contribution < 1.29 is 24.9 Å². The Morgan fingerprint density at radius 3 is 2.50 bits per heavy atom. The summed E-state index contributed by atoms with van der Waals surface area (Å²) in [5, 5.41) is 32.3. The number of phenols is 2. The first-order valence-corrected chi connectivity index (χ1v) is 12.2. The minimum absolute atomic E-state index is 0.0710. The van der Waals surface area contributed by atoms with Gasteiger partial charge in [-0.3, -0.25) is 9.69 Å². The number of aromatic nitrogens is 2. The van der Waals surface area contributed by atoms with E-state index in [9.17, 15) is 24.9 Å². The Hall–Kier alpha value is -3.47. The fourth-order valence-electron chi connectivity index (χ4n) is 5.60. The van der Waals surface area contributed by atoms with E-state index in [0.717, 1.165) is 42.7 Å². The van der Waals surface area contributed by atoms with Gasteiger partial charge in [-0.1, -0.05) is 6.92 Å². The quantitative estimate of drug-likeness (QED) is 0.286. The monoisotopic (exact) mass is 492 g/mol. The third-order valence-corrected chi connectivity index (χ3v) is 7.88. The van der Waals surface area contributed by atoms with E-state index >= 15 is 0 Å². The van der Waals surface area contributed by atoms with Gasteiger partial charge in [0.05, 0.1) is 29.0 Å². The summed E-state index contributed by atoms with van der Waals surface area (Å²) < 4.78 is 6.78. The average molecular weight is 493 g/mol. The van der Waals surface area contributed by atoms with Gasteiger partial charge in [0, 0.05) is 55.3 Å². The predicted molar refractivity (Wildman–Crippen MR) is 131 cm³/mol. The fraction of sp³-hybridized carbons (Fsp3) is 0.423. The zero-order valence-electron chi connectivity index (χ0n) is 20.2. The zero-order chi connectivity index (χ0) is 25.4. The number of esters is 1. The van der Waals surface area contributed by atoms with E-state index < -0.39 is 11.6 Å². The van der Waals surface area contributed by atoms with Gasteiger partial charge in [-0.05, 0) is 31.2 Å². The number of pyridine rings is 2. The molecule has 0 spiro atoms. The first-order valence-electron chi connectivity index (χ1n) is 12.2. The first kappa shape index (κ1) is 23.0. The van der Waals surface area contributed by atoms with E-state index in [2.05, 4.69) is 16.8 Å². The Kier molecular flexibility index (Phi) is 5.12. The molecule has 1 unspecified atom stereocenters. The minimum Gasteiger partial charge on any atom is -0.504 e. The lowest BCUT2D eigenvalue weighted by molar-refractivity contribution is -0.172. The van der Waals surface area contributed by atoms with Gasteiger partial charge in [0.2, 0.25) is 0 Å². The largest absolute Gasteiger partial charge is 0.504 e. The van der Waals surface area contributed by atoms with Crippen molar-refractivity contribution in [1.82, 2.24) is 19.4 Å². The van der Waals surface area contributed by atoms with Gasteiger partial charge >= 0.3 is 5.97 Å². The van der Waals surface area contributed by atoms with E-state index in [1.165, 1.54) is 12.1 Å². The Balaban J connectivity index is 1.57. The molecule has 1 saturated heterocycles. The van der Waals surface area contributed by atoms with Crippen molar-refractivity contribution in [2.75, 3.05) is 33.2 Å². The second-order valence-electron chi connectivity index (χ2n) is 9.96. The number of carbonyl (C=O) groups excluding carboxylic acids is 1. The summed E-state index contributed by atoms with van der Waals surface area (Å²) in [7, 11) is 2.09. The van der Waals surface area contributed by atoms with E-state index in [1.807, 2.05) is 0 Å². The van der Waals surface area contributed by atoms with Crippen molar-refractivity contribution in [2.24, 2.45) is 0 Å². The lowest BCUT2D eigenvalue weighted by Crippen LogP contribution is -2.44. The van der Waals surface area contributed by atoms with Crippen LogP contribution in [-0.2, 0) is 34.8 Å². The van der Waals surface area contributed by atoms with Crippen LogP contribution in [0.3, 0.4) is 0 Å². The maximum absolute atomic E-state index is 13.6. The number of phenolic OH excluding ortho intramolecular Hbond substituents is 2. The maximum Gasteiger partial charge on any atom is 0.343 e. The zero-order valence-corrected chi connectivity index (χ0v) is 20.2. The number of fused-ring (bicyclic) bond motifs is 5. The predicted octanol–water partition coefficient (Wildman–Crippen LogP) is 1.24. The molecule has 10 heteroatoms. The summed E-state index contributed by atoms with van der Waals surface area (Å²) in [5.74, 6) is -1.26. The summed E-state index contributed by atoms with van der Waals surface area (Å²) in [5.41, 5.74) is 1.72. The number of likely N-dealkylation sites (N-methyl/N-ethyl adjacent to an activating group) is 1. The molecular formula is C26H28N4O6. The molecule has 188 valence electrons. The molecule has 36 heavy (non-hydrogen) atoms. The molecule has 0 radical (unpaired) electrons. The van der Waals surface area contributed by atoms with Gasteiger partial charge in [-0.2, -0.15) is 0 Å². The molecule has 0 aliphatic carbocycles. The molecule has 3 aliphatic rings. The van der Waals surface area contributed by atoms with Gasteiger partial charge in [0.1, 0.15) is 6.61 Å². The highest BCUT2D eigenvalue weighted by atomic mass is 16.6. The maximum atomic E-state index is 13.6. The Bertz CT molecular complexity index is 1490. The highest BCUT2D eigenvalue weighted by Crippen LogP contribution is 2.42. The van der Waals surface area contributed by atoms with Crippen molar-refractivity contribution in [3.8, 4) is 22.9 Å². The van der Waals surface area contributed by atoms with Crippen molar-refractivity contribution in [3.05, 3.63) is 50.8 Å². The third kappa shape index (κ3) is 3.25. The van der Waals surface area contributed by atoms with Crippen molar-refractivity contribution in [3.63, 3.8) is 0 Å². The summed E-state index contributed by atoms with van der Waals surface area (Å²) in [6, 6.07) is 4.64. The molecule has 3 aliphatic heterocycles. The van der Waals surface area contributed by atoms with Crippen LogP contribution in [0.15, 0.2) is 23.0 Å². The van der Waals surface area contributed by atoms with Crippen LogP contribution < -0.4 is 5.56 Å². The number of hydrogen-bond acceptors (Lipinski definition) is 9. The molecule has 10 nitrogen and oxygen atoms in total. The highest BCUT2D eigenvalue weighted by molar-refractivity contribution is 5.91. The van der Waals surface area contributed by atoms with Gasteiger partial charge < -0.3 is 29.5 Å². The summed E-state index contributed by atoms with van der Waals surface area (Å²) in [6.07, 6.45) is 0.0710. The van der Waals surface area contributed by atoms with Crippen LogP contribution in [0.4, 0.5) is 0 Å². The number of nitrogens with zero attached hydrogens (tertiary/aromatic N) is 4. The first-order chi connectivity index (χ1) is 17.2. The fourth-order valence-corrected chi connectivity index (χ4v) is 5.60. The third-order valence-electron chi connectivity index (χ3n) is 7.88. The SMILES string of the molecule is CCC1(O)C(=O)OCc2c1cc1n(c2=O)Cc2c-1nc1cc(O)c(O)cc1c2CN1CCN(C)CC1. The molecule has 3 N–H and O–H groups in total. The summed E-state index contributed by atoms with van der Waals surface area (Å²) >= 11 is 0. The van der Waals surface area contributed by atoms with Crippen LogP contribution in [0.2, 0.25) is 0 Å². The lowest BCUT2D eigenvalue weighted by atomic mass is 9.86. The molecule has 1 atom stereocenters. The van der Waals surface area contributed by atoms with E-state index in [-0.39, 0.29) is 47.8 Å². The number of benzene rings is 1. The molecular weight excluding hydrogens is 464 g/mol. The van der Waals surface area contributed by atoms with Crippen LogP contribution in [0.25, 0.3) is 22.3 Å². The van der Waals surface area contributed by atoms with Crippen LogP contribution in [0, 0.1) is 0 Å². The Morgan fingerprint density at radius 2 is 1.78 bits per heavy atom. The molecule has 1 aromatic carbocycles. The summed E-state index contributed by atoms with van der Waals surface area (Å²) in [4.78, 5) is 35.4. The normalized spacial score (nSPS) is 21.8. The topological polar surface area (TPSA) is 128 Å². The molecule has 3 aromatic rings. The number of ether oxygens (including phenoxy) is 1. The van der Waals surface area contributed by atoms with Gasteiger partial charge in [0.25, 0.3) is 5.56 Å². The number of hydrogen-bond donors (Lipinski definition) is 3. The highest BCUT2D eigenvalue weighted by Gasteiger charge is 2.45. The van der Waals surface area contributed by atoms with E-state index in [4.69, 9.17) is 9.72 Å². The van der Waals surface area contributed by atoms with Crippen LogP contribution in [0.1, 0.15) is 35.6 Å². The number of cyclic esters (lactones) is 1. The molecule has 6 rings (SSSR count). The second-order valence-corrected chi connectivity index (χ2v) is 9.96. The van der Waals surface area contributed by atoms with Gasteiger partial charge in [-0.15, -0.1) is 0 Å². The molecule has 1 fully saturated rings. The Labute approximate surface area is 207 Å². The van der Waals surface area contributed by atoms with Gasteiger partial charge in [0.15, 0.2) is 17.1 Å². The average Bonchev–Trinajstić information content (AvgIpc) is 3.23. The number of aromatic hydroxyl groups is 2. The minimum atomic E-state index is -1.89. The van der Waals surface area contributed by atoms with Gasteiger partial charge in [-0.25, -0.2) is 9.78 Å². The van der Waals surface area contributed by atoms with Crippen LogP contribution in [0.5, 0.6) is 11.5 Å². The van der Waals surface area contributed by atoms with Crippen LogP contribution >= 0.6 is 0 Å². The van der Waals surface area contributed by atoms with Crippen molar-refractivity contribution in [1.29, 1.82) is 0 Å². The van der Waals surface area contributed by atoms with Crippen molar-refractivity contribution >= 4 is 16.9 Å². The lowest BCUT2D eigenvalue weighted by Gasteiger charge is -2.33. The van der Waals surface area contributed by atoms with Crippen LogP contribution in [-0.4, -0.2) is 73.9 Å². The molecule has 0 amide bonds. The smallest absolute Gasteiger partial charge is 0.343 e. The second kappa shape index (κ2) is 8.02. The molecule has 0 saturated carbocycles. The Morgan fingerprint density at radius 1 is 1.06 bits per heavy atom. The number of carbonyl (C=O) groups is 1. The molecule has 5 heterocycles. The number of piperazine rings is 1. The summed E-state index contributed by atoms with van der Waals surface area (Å²) in [6.45, 7) is 6.00. The molecule has 2 aromatic heterocycles. The molecule has 0 bridgehead atoms. The number of aliphatic hydroxyl groups is 1. The standard InChI is InChI=1S/C26H28N4O6/c1-3-26(35)18-9-20-23-16(12-30(20)24(33)17(18)13-36-25(26)34)15(11-29-6-4-28(2)5-7-29)14-8-21(31)22(32)10-19(14)27-23/h8-10,31-32,35H,3-7,11-13H2,1-2H3. The van der Waals surface area contributed by atoms with Crippen molar-refractivity contribution in [2.45, 2.75) is 38.6 Å². The number of rotatable bonds is 3.